The summed E-state index contributed by atoms with van der Waals surface area (Å²) in [6.07, 6.45) is -0.123. The highest BCUT2D eigenvalue weighted by molar-refractivity contribution is 6.09. The van der Waals surface area contributed by atoms with E-state index in [0.29, 0.717) is 17.1 Å². The average Bonchev–Trinajstić information content (AvgIpc) is 2.31. The van der Waals surface area contributed by atoms with Crippen LogP contribution in [0.2, 0.25) is 0 Å². The molecule has 0 amide bonds. The summed E-state index contributed by atoms with van der Waals surface area (Å²) in [4.78, 5) is 23.1. The lowest BCUT2D eigenvalue weighted by atomic mass is 9.98. The summed E-state index contributed by atoms with van der Waals surface area (Å²) < 4.78 is 10.5. The Labute approximate surface area is 107 Å². The van der Waals surface area contributed by atoms with Crippen LogP contribution in [0.3, 0.4) is 0 Å². The second-order valence-electron chi connectivity index (χ2n) is 4.21. The Morgan fingerprint density at radius 3 is 2.17 bits per heavy atom. The molecular weight excluding hydrogens is 232 g/mol. The molecule has 18 heavy (non-hydrogen) atoms. The van der Waals surface area contributed by atoms with Crippen molar-refractivity contribution in [2.45, 2.75) is 27.2 Å². The zero-order valence-corrected chi connectivity index (χ0v) is 11.4. The maximum atomic E-state index is 12.0. The molecule has 4 heteroatoms. The predicted molar refractivity (Wildman–Crippen MR) is 68.6 cm³/mol. The van der Waals surface area contributed by atoms with E-state index in [1.54, 1.807) is 13.2 Å². The molecule has 1 aromatic rings. The van der Waals surface area contributed by atoms with Gasteiger partial charge in [0, 0.05) is 0 Å². The highest BCUT2D eigenvalue weighted by Crippen LogP contribution is 2.33. The lowest BCUT2D eigenvalue weighted by Gasteiger charge is -2.15. The molecule has 1 aromatic carbocycles. The van der Waals surface area contributed by atoms with E-state index >= 15 is 0 Å². The molecule has 98 valence electrons. The first-order chi connectivity index (χ1) is 8.42. The van der Waals surface area contributed by atoms with E-state index < -0.39 is 0 Å². The van der Waals surface area contributed by atoms with Gasteiger partial charge < -0.3 is 9.47 Å². The molecule has 0 aliphatic rings. The maximum absolute atomic E-state index is 12.0. The highest BCUT2D eigenvalue weighted by atomic mass is 16.5. The minimum Gasteiger partial charge on any atom is -0.496 e. The van der Waals surface area contributed by atoms with Gasteiger partial charge in [0.15, 0.2) is 5.78 Å². The fraction of sp³-hybridized carbons (Fsp3) is 0.429. The Morgan fingerprint density at radius 2 is 1.72 bits per heavy atom. The number of carbonyl (C=O) groups is 2. The van der Waals surface area contributed by atoms with Crippen LogP contribution in [-0.4, -0.2) is 25.8 Å². The molecule has 0 fully saturated rings. The van der Waals surface area contributed by atoms with Crippen molar-refractivity contribution in [2.75, 3.05) is 14.2 Å². The Balaban J connectivity index is 3.37. The van der Waals surface area contributed by atoms with E-state index in [1.165, 1.54) is 14.0 Å². The Kier molecular flexibility index (Phi) is 4.48. The summed E-state index contributed by atoms with van der Waals surface area (Å²) in [6.45, 7) is 5.15. The van der Waals surface area contributed by atoms with Gasteiger partial charge in [0.1, 0.15) is 17.3 Å². The summed E-state index contributed by atoms with van der Waals surface area (Å²) in [7, 11) is 3.06. The molecule has 0 saturated carbocycles. The van der Waals surface area contributed by atoms with Gasteiger partial charge in [-0.3, -0.25) is 9.59 Å². The van der Waals surface area contributed by atoms with Crippen molar-refractivity contribution >= 4 is 11.6 Å². The third kappa shape index (κ3) is 2.70. The van der Waals surface area contributed by atoms with Crippen molar-refractivity contribution < 1.29 is 19.1 Å². The second kappa shape index (κ2) is 5.67. The highest BCUT2D eigenvalue weighted by Gasteiger charge is 2.19. The average molecular weight is 250 g/mol. The first kappa shape index (κ1) is 14.2. The van der Waals surface area contributed by atoms with Crippen molar-refractivity contribution in [3.63, 3.8) is 0 Å². The number of hydrogen-bond acceptors (Lipinski definition) is 4. The van der Waals surface area contributed by atoms with Crippen LogP contribution in [0.4, 0.5) is 0 Å². The lowest BCUT2D eigenvalue weighted by molar-refractivity contribution is -0.116. The monoisotopic (exact) mass is 250 g/mol. The first-order valence-electron chi connectivity index (χ1n) is 5.67. The minimum absolute atomic E-state index is 0.123. The van der Waals surface area contributed by atoms with Crippen molar-refractivity contribution in [1.82, 2.24) is 0 Å². The number of rotatable bonds is 5. The van der Waals surface area contributed by atoms with Gasteiger partial charge in [-0.25, -0.2) is 0 Å². The molecule has 0 heterocycles. The van der Waals surface area contributed by atoms with Gasteiger partial charge in [0.05, 0.1) is 26.2 Å². The van der Waals surface area contributed by atoms with E-state index in [9.17, 15) is 9.59 Å². The van der Waals surface area contributed by atoms with Gasteiger partial charge in [-0.1, -0.05) is 0 Å². The normalized spacial score (nSPS) is 10.1. The molecule has 0 bridgehead atoms. The van der Waals surface area contributed by atoms with Crippen LogP contribution < -0.4 is 9.47 Å². The van der Waals surface area contributed by atoms with Crippen molar-refractivity contribution in [3.8, 4) is 11.5 Å². The molecule has 0 N–H and O–H groups in total. The summed E-state index contributed by atoms with van der Waals surface area (Å²) in [5, 5.41) is 0. The maximum Gasteiger partial charge on any atom is 0.174 e. The zero-order valence-electron chi connectivity index (χ0n) is 11.4. The molecule has 0 unspecified atom stereocenters. The first-order valence-corrected chi connectivity index (χ1v) is 5.67. The second-order valence-corrected chi connectivity index (χ2v) is 4.21. The van der Waals surface area contributed by atoms with Crippen molar-refractivity contribution in [3.05, 3.63) is 22.8 Å². The SMILES string of the molecule is COc1cc(C(=O)CC(C)=O)c(OC)c(C)c1C. The lowest BCUT2D eigenvalue weighted by Crippen LogP contribution is -2.09. The molecule has 0 aliphatic heterocycles. The largest absolute Gasteiger partial charge is 0.496 e. The Bertz CT molecular complexity index is 489. The van der Waals surface area contributed by atoms with Crippen LogP contribution in [0.1, 0.15) is 34.8 Å². The fourth-order valence-electron chi connectivity index (χ4n) is 1.87. The Hall–Kier alpha value is -1.84. The number of carbonyl (C=O) groups excluding carboxylic acids is 2. The van der Waals surface area contributed by atoms with Crippen LogP contribution in [0.25, 0.3) is 0 Å². The van der Waals surface area contributed by atoms with Crippen LogP contribution in [0.5, 0.6) is 11.5 Å². The van der Waals surface area contributed by atoms with E-state index in [-0.39, 0.29) is 18.0 Å². The van der Waals surface area contributed by atoms with E-state index in [4.69, 9.17) is 9.47 Å². The summed E-state index contributed by atoms with van der Waals surface area (Å²) in [5.41, 5.74) is 2.17. The molecule has 4 nitrogen and oxygen atoms in total. The molecule has 0 aromatic heterocycles. The van der Waals surface area contributed by atoms with Gasteiger partial charge in [-0.2, -0.15) is 0 Å². The smallest absolute Gasteiger partial charge is 0.174 e. The van der Waals surface area contributed by atoms with Gasteiger partial charge in [-0.05, 0) is 38.0 Å². The summed E-state index contributed by atoms with van der Waals surface area (Å²) in [5.74, 6) is 0.722. The van der Waals surface area contributed by atoms with Crippen molar-refractivity contribution in [2.24, 2.45) is 0 Å². The number of ether oxygens (including phenoxy) is 2. The van der Waals surface area contributed by atoms with Crippen LogP contribution in [0.15, 0.2) is 6.07 Å². The van der Waals surface area contributed by atoms with Gasteiger partial charge in [-0.15, -0.1) is 0 Å². The zero-order chi connectivity index (χ0) is 13.9. The molecule has 0 aliphatic carbocycles. The van der Waals surface area contributed by atoms with Gasteiger partial charge >= 0.3 is 0 Å². The predicted octanol–water partition coefficient (Wildman–Crippen LogP) is 2.48. The third-order valence-electron chi connectivity index (χ3n) is 2.93. The number of hydrogen-bond donors (Lipinski definition) is 0. The number of benzene rings is 1. The van der Waals surface area contributed by atoms with Crippen LogP contribution in [-0.2, 0) is 4.79 Å². The van der Waals surface area contributed by atoms with E-state index in [1.807, 2.05) is 13.8 Å². The Morgan fingerprint density at radius 1 is 1.11 bits per heavy atom. The molecule has 0 spiro atoms. The number of methoxy groups -OCH3 is 2. The fourth-order valence-corrected chi connectivity index (χ4v) is 1.87. The third-order valence-corrected chi connectivity index (χ3v) is 2.93. The minimum atomic E-state index is -0.249. The van der Waals surface area contributed by atoms with Gasteiger partial charge in [0.2, 0.25) is 0 Å². The van der Waals surface area contributed by atoms with Crippen LogP contribution >= 0.6 is 0 Å². The quantitative estimate of drug-likeness (QED) is 0.595. The standard InChI is InChI=1S/C14H18O4/c1-8(15)6-12(16)11-7-13(17-4)9(2)10(3)14(11)18-5/h7H,6H2,1-5H3. The molecule has 0 atom stereocenters. The van der Waals surface area contributed by atoms with Gasteiger partial charge in [0.25, 0.3) is 0 Å². The van der Waals surface area contributed by atoms with Crippen LogP contribution in [0, 0.1) is 13.8 Å². The van der Waals surface area contributed by atoms with Crippen molar-refractivity contribution in [1.29, 1.82) is 0 Å². The topological polar surface area (TPSA) is 52.6 Å². The molecule has 0 saturated heterocycles. The molecule has 1 rings (SSSR count). The summed E-state index contributed by atoms with van der Waals surface area (Å²) >= 11 is 0. The molecule has 0 radical (unpaired) electrons. The van der Waals surface area contributed by atoms with E-state index in [2.05, 4.69) is 0 Å². The van der Waals surface area contributed by atoms with E-state index in [0.717, 1.165) is 11.1 Å². The number of ketones is 2. The summed E-state index contributed by atoms with van der Waals surface area (Å²) in [6, 6.07) is 1.63. The molecular formula is C14H18O4. The number of Topliss-reactive ketones (excluding diaryl/α,β-unsaturated/α-hetero) is 2.